The molecule has 4 aromatic carbocycles. The fraction of sp³-hybridized carbons (Fsp3) is 0.0769. The Morgan fingerprint density at radius 3 is 1.10 bits per heavy atom. The van der Waals surface area contributed by atoms with Crippen LogP contribution in [0.1, 0.15) is 0 Å². The topological polar surface area (TPSA) is 207 Å². The second-order valence-electron chi connectivity index (χ2n) is 9.56. The summed E-state index contributed by atoms with van der Waals surface area (Å²) in [4.78, 5) is 16.5. The van der Waals surface area contributed by atoms with Crippen LogP contribution in [0.15, 0.2) is 92.4 Å². The van der Waals surface area contributed by atoms with Gasteiger partial charge >= 0.3 is 22.4 Å². The quantitative estimate of drug-likeness (QED) is 0.0852. The largest absolute Gasteiger partial charge is 0.501 e. The summed E-state index contributed by atoms with van der Waals surface area (Å²) >= 11 is 11.3. The number of benzene rings is 4. The molecule has 0 fully saturated rings. The highest BCUT2D eigenvalue weighted by Gasteiger charge is 2.50. The van der Waals surface area contributed by atoms with Crippen LogP contribution in [0.25, 0.3) is 0 Å². The molecule has 0 saturated heterocycles. The third kappa shape index (κ3) is 7.66. The van der Waals surface area contributed by atoms with Crippen LogP contribution in [-0.4, -0.2) is 46.1 Å². The summed E-state index contributed by atoms with van der Waals surface area (Å²) in [7, 11) is -16.5. The van der Waals surface area contributed by atoms with Gasteiger partial charge in [0.25, 0.3) is 19.7 Å². The Morgan fingerprint density at radius 1 is 0.549 bits per heavy atom. The van der Waals surface area contributed by atoms with Gasteiger partial charge in [0, 0.05) is 24.3 Å². The highest BCUT2D eigenvalue weighted by Crippen LogP contribution is 2.43. The van der Waals surface area contributed by atoms with E-state index >= 15 is 0 Å². The Balaban J connectivity index is 1.59. The number of hydrogen-bond acceptors (Lipinski definition) is 12. The van der Waals surface area contributed by atoms with Crippen molar-refractivity contribution in [2.75, 3.05) is 0 Å². The lowest BCUT2D eigenvalue weighted by atomic mass is 10.3. The standard InChI is InChI=1S/C26H12Cl2F6N2O12S3/c27-17-9-21(19(35(37)38)11-23(17)50(43,44)25(29,30)31)47-13-1-5-15(6-2-13)49(41,42)16-7-3-14(4-8-16)48-22-10-18(28)24(12-20(22)36(39)40)51(45,46)26(32,33)34/h1-12H. The number of sulfone groups is 3. The van der Waals surface area contributed by atoms with Gasteiger partial charge in [-0.25, -0.2) is 25.3 Å². The minimum Gasteiger partial charge on any atom is -0.450 e. The zero-order chi connectivity index (χ0) is 38.5. The van der Waals surface area contributed by atoms with Crippen molar-refractivity contribution in [2.45, 2.75) is 30.6 Å². The Labute approximate surface area is 290 Å². The summed E-state index contributed by atoms with van der Waals surface area (Å²) in [5, 5.41) is 20.8. The lowest BCUT2D eigenvalue weighted by Crippen LogP contribution is -2.23. The van der Waals surface area contributed by atoms with Crippen molar-refractivity contribution in [1.29, 1.82) is 0 Å². The van der Waals surface area contributed by atoms with Crippen LogP contribution in [0, 0.1) is 20.2 Å². The molecule has 0 amide bonds. The molecule has 0 radical (unpaired) electrons. The molecule has 272 valence electrons. The molecule has 0 saturated carbocycles. The van der Waals surface area contributed by atoms with E-state index in [2.05, 4.69) is 0 Å². The molecule has 0 aromatic heterocycles. The van der Waals surface area contributed by atoms with Crippen molar-refractivity contribution >= 4 is 64.1 Å². The first kappa shape index (κ1) is 39.1. The van der Waals surface area contributed by atoms with Crippen molar-refractivity contribution in [3.63, 3.8) is 0 Å². The minimum atomic E-state index is -6.09. The average molecular weight is 825 g/mol. The first-order chi connectivity index (χ1) is 23.3. The van der Waals surface area contributed by atoms with E-state index in [0.717, 1.165) is 48.5 Å². The molecule has 0 aliphatic carbocycles. The second-order valence-corrected chi connectivity index (χ2v) is 16.1. The normalized spacial score (nSPS) is 12.7. The third-order valence-corrected chi connectivity index (χ3v) is 12.0. The molecule has 4 aromatic rings. The Morgan fingerprint density at radius 2 is 0.843 bits per heavy atom. The minimum absolute atomic E-state index is 0.0485. The molecule has 0 heterocycles. The SMILES string of the molecule is O=[N+]([O-])c1cc(S(=O)(=O)C(F)(F)F)c(Cl)cc1Oc1ccc(S(=O)(=O)c2ccc(Oc3cc(Cl)c(S(=O)(=O)C(F)(F)F)cc3[N+](=O)[O-])cc2)cc1. The highest BCUT2D eigenvalue weighted by molar-refractivity contribution is 7.92. The van der Waals surface area contributed by atoms with E-state index in [1.54, 1.807) is 0 Å². The number of rotatable bonds is 10. The molecule has 14 nitrogen and oxygen atoms in total. The first-order valence-electron chi connectivity index (χ1n) is 12.7. The van der Waals surface area contributed by atoms with Crippen molar-refractivity contribution in [1.82, 2.24) is 0 Å². The van der Waals surface area contributed by atoms with Crippen LogP contribution in [0.5, 0.6) is 23.0 Å². The van der Waals surface area contributed by atoms with Gasteiger partial charge in [-0.3, -0.25) is 20.2 Å². The van der Waals surface area contributed by atoms with Crippen molar-refractivity contribution in [3.8, 4) is 23.0 Å². The third-order valence-electron chi connectivity index (χ3n) is 6.33. The fourth-order valence-electron chi connectivity index (χ4n) is 3.92. The van der Waals surface area contributed by atoms with E-state index in [4.69, 9.17) is 32.7 Å². The van der Waals surface area contributed by atoms with Crippen molar-refractivity contribution in [2.24, 2.45) is 0 Å². The van der Waals surface area contributed by atoms with E-state index < -0.39 is 103 Å². The summed E-state index contributed by atoms with van der Waals surface area (Å²) in [6.45, 7) is 0. The maximum Gasteiger partial charge on any atom is 0.501 e. The van der Waals surface area contributed by atoms with Gasteiger partial charge in [0.2, 0.25) is 21.3 Å². The van der Waals surface area contributed by atoms with Gasteiger partial charge in [0.05, 0.1) is 29.7 Å². The summed E-state index contributed by atoms with van der Waals surface area (Å²) in [5.41, 5.74) is -14.1. The van der Waals surface area contributed by atoms with Crippen LogP contribution in [0.3, 0.4) is 0 Å². The first-order valence-corrected chi connectivity index (χ1v) is 17.9. The smallest absolute Gasteiger partial charge is 0.450 e. The van der Waals surface area contributed by atoms with Crippen LogP contribution in [-0.2, 0) is 29.5 Å². The van der Waals surface area contributed by atoms with Crippen molar-refractivity contribution < 1.29 is 70.9 Å². The van der Waals surface area contributed by atoms with E-state index in [9.17, 15) is 71.8 Å². The molecular formula is C26H12Cl2F6N2O12S3. The van der Waals surface area contributed by atoms with Crippen LogP contribution in [0.2, 0.25) is 10.0 Å². The molecule has 51 heavy (non-hydrogen) atoms. The van der Waals surface area contributed by atoms with E-state index in [1.165, 1.54) is 0 Å². The van der Waals surface area contributed by atoms with Crippen LogP contribution in [0.4, 0.5) is 37.7 Å². The number of nitrogens with zero attached hydrogens (tertiary/aromatic N) is 2. The molecule has 0 bridgehead atoms. The van der Waals surface area contributed by atoms with Gasteiger partial charge in [-0.2, -0.15) is 26.3 Å². The van der Waals surface area contributed by atoms with E-state index in [-0.39, 0.29) is 23.6 Å². The predicted molar refractivity (Wildman–Crippen MR) is 161 cm³/mol. The molecule has 0 atom stereocenters. The lowest BCUT2D eigenvalue weighted by Gasteiger charge is -2.13. The number of nitro groups is 2. The molecule has 0 aliphatic heterocycles. The number of nitro benzene ring substituents is 2. The number of hydrogen-bond donors (Lipinski definition) is 0. The van der Waals surface area contributed by atoms with Gasteiger partial charge in [0.1, 0.15) is 21.3 Å². The highest BCUT2D eigenvalue weighted by atomic mass is 35.5. The fourth-order valence-corrected chi connectivity index (χ4v) is 7.76. The van der Waals surface area contributed by atoms with Crippen LogP contribution >= 0.6 is 23.2 Å². The van der Waals surface area contributed by atoms with Gasteiger partial charge in [-0.05, 0) is 48.5 Å². The van der Waals surface area contributed by atoms with Gasteiger partial charge in [0.15, 0.2) is 0 Å². The zero-order valence-corrected chi connectivity index (χ0v) is 27.9. The zero-order valence-electron chi connectivity index (χ0n) is 24.0. The summed E-state index contributed by atoms with van der Waals surface area (Å²) < 4.78 is 162. The average Bonchev–Trinajstić information content (AvgIpc) is 3.00. The maximum atomic E-state index is 13.2. The maximum absolute atomic E-state index is 13.2. The summed E-state index contributed by atoms with van der Waals surface area (Å²) in [6, 6.07) is 8.73. The van der Waals surface area contributed by atoms with E-state index in [1.807, 2.05) is 0 Å². The molecule has 0 N–H and O–H groups in total. The van der Waals surface area contributed by atoms with Gasteiger partial charge in [-0.1, -0.05) is 23.2 Å². The van der Waals surface area contributed by atoms with Gasteiger partial charge in [-0.15, -0.1) is 0 Å². The monoisotopic (exact) mass is 824 g/mol. The molecule has 4 rings (SSSR count). The number of ether oxygens (including phenoxy) is 2. The summed E-state index contributed by atoms with van der Waals surface area (Å²) in [5.74, 6) is -2.21. The lowest BCUT2D eigenvalue weighted by molar-refractivity contribution is -0.386. The second kappa shape index (κ2) is 13.4. The number of halogens is 8. The molecule has 0 unspecified atom stereocenters. The molecule has 0 spiro atoms. The Kier molecular flexibility index (Phi) is 10.3. The Hall–Kier alpha value is -4.71. The molecule has 25 heteroatoms. The predicted octanol–water partition coefficient (Wildman–Crippen LogP) is 7.81. The number of alkyl halides is 6. The summed E-state index contributed by atoms with van der Waals surface area (Å²) in [6.07, 6.45) is 0. The van der Waals surface area contributed by atoms with E-state index in [0.29, 0.717) is 12.1 Å². The van der Waals surface area contributed by atoms with Crippen molar-refractivity contribution in [3.05, 3.63) is 103 Å². The Bertz CT molecular complexity index is 2240. The van der Waals surface area contributed by atoms with Crippen LogP contribution < -0.4 is 9.47 Å². The molecular weight excluding hydrogens is 813 g/mol. The van der Waals surface area contributed by atoms with Gasteiger partial charge < -0.3 is 9.47 Å². The molecule has 0 aliphatic rings.